The molecule has 2 rings (SSSR count). The largest absolute Gasteiger partial charge is 0.327 e. The van der Waals surface area contributed by atoms with E-state index in [4.69, 9.17) is 16.1 Å². The second kappa shape index (κ2) is 9.39. The molecule has 0 spiro atoms. The summed E-state index contributed by atoms with van der Waals surface area (Å²) >= 11 is 6.01. The molecule has 2 aromatic rings. The third kappa shape index (κ3) is 5.19. The standard InChI is InChI=1S/C19H25ClNO2P/c1-3-14-24(22,23-4-2)19(17-10-12-18(20)13-11-17)21-15-16-8-6-5-7-9-16/h5-13,19,21H,3-4,14-15H2,1-2H3. The average molecular weight is 366 g/mol. The minimum Gasteiger partial charge on any atom is -0.327 e. The van der Waals surface area contributed by atoms with Crippen molar-refractivity contribution in [2.24, 2.45) is 0 Å². The van der Waals surface area contributed by atoms with Crippen LogP contribution < -0.4 is 5.32 Å². The summed E-state index contributed by atoms with van der Waals surface area (Å²) in [4.78, 5) is 0. The highest BCUT2D eigenvalue weighted by molar-refractivity contribution is 7.59. The molecular formula is C19H25ClNO2P. The van der Waals surface area contributed by atoms with Crippen molar-refractivity contribution < 1.29 is 9.09 Å². The first-order valence-electron chi connectivity index (χ1n) is 8.35. The number of rotatable bonds is 9. The fourth-order valence-corrected chi connectivity index (χ4v) is 5.46. The Morgan fingerprint density at radius 1 is 1.08 bits per heavy atom. The molecule has 0 saturated carbocycles. The smallest absolute Gasteiger partial charge is 0.223 e. The third-order valence-electron chi connectivity index (χ3n) is 3.80. The van der Waals surface area contributed by atoms with Crippen molar-refractivity contribution in [2.75, 3.05) is 12.8 Å². The van der Waals surface area contributed by atoms with Crippen molar-refractivity contribution in [1.82, 2.24) is 5.32 Å². The van der Waals surface area contributed by atoms with Crippen LogP contribution in [0.1, 0.15) is 37.2 Å². The summed E-state index contributed by atoms with van der Waals surface area (Å²) in [6, 6.07) is 17.6. The Kier molecular flexibility index (Phi) is 7.51. The number of halogens is 1. The number of hydrogen-bond acceptors (Lipinski definition) is 3. The van der Waals surface area contributed by atoms with Gasteiger partial charge in [0.2, 0.25) is 7.37 Å². The summed E-state index contributed by atoms with van der Waals surface area (Å²) in [7, 11) is -2.86. The maximum atomic E-state index is 13.5. The lowest BCUT2D eigenvalue weighted by Crippen LogP contribution is -2.23. The Morgan fingerprint density at radius 2 is 1.75 bits per heavy atom. The minimum atomic E-state index is -2.86. The number of benzene rings is 2. The van der Waals surface area contributed by atoms with Crippen LogP contribution in [0, 0.1) is 0 Å². The molecule has 0 amide bonds. The Bertz CT molecular complexity index is 651. The predicted octanol–water partition coefficient (Wildman–Crippen LogP) is 5.85. The summed E-state index contributed by atoms with van der Waals surface area (Å²) in [5.74, 6) is -0.338. The highest BCUT2D eigenvalue weighted by Crippen LogP contribution is 2.59. The molecule has 0 aromatic heterocycles. The van der Waals surface area contributed by atoms with E-state index in [-0.39, 0.29) is 5.78 Å². The van der Waals surface area contributed by atoms with E-state index in [1.807, 2.05) is 56.3 Å². The van der Waals surface area contributed by atoms with Crippen LogP contribution >= 0.6 is 19.0 Å². The predicted molar refractivity (Wildman–Crippen MR) is 102 cm³/mol. The molecule has 3 nitrogen and oxygen atoms in total. The Morgan fingerprint density at radius 3 is 2.33 bits per heavy atom. The molecule has 0 bridgehead atoms. The van der Waals surface area contributed by atoms with Crippen molar-refractivity contribution in [3.05, 3.63) is 70.7 Å². The normalized spacial score (nSPS) is 15.0. The second-order valence-electron chi connectivity index (χ2n) is 5.69. The molecule has 0 heterocycles. The first-order chi connectivity index (χ1) is 11.6. The van der Waals surface area contributed by atoms with Gasteiger partial charge in [0.25, 0.3) is 0 Å². The fourth-order valence-electron chi connectivity index (χ4n) is 2.74. The van der Waals surface area contributed by atoms with Gasteiger partial charge in [-0.25, -0.2) is 0 Å². The van der Waals surface area contributed by atoms with Crippen LogP contribution in [0.3, 0.4) is 0 Å². The zero-order valence-electron chi connectivity index (χ0n) is 14.2. The lowest BCUT2D eigenvalue weighted by molar-refractivity contribution is 0.319. The number of nitrogens with one attached hydrogen (secondary N) is 1. The highest BCUT2D eigenvalue weighted by atomic mass is 35.5. The first kappa shape index (κ1) is 19.2. The molecule has 0 aliphatic carbocycles. The number of hydrogen-bond donors (Lipinski definition) is 1. The fraction of sp³-hybridized carbons (Fsp3) is 0.368. The molecule has 24 heavy (non-hydrogen) atoms. The van der Waals surface area contributed by atoms with E-state index in [9.17, 15) is 4.57 Å². The summed E-state index contributed by atoms with van der Waals surface area (Å²) in [6.07, 6.45) is 1.37. The van der Waals surface area contributed by atoms with Gasteiger partial charge in [0.15, 0.2) is 0 Å². The van der Waals surface area contributed by atoms with Gasteiger partial charge in [-0.3, -0.25) is 9.88 Å². The molecule has 0 aliphatic heterocycles. The molecular weight excluding hydrogens is 341 g/mol. The topological polar surface area (TPSA) is 38.3 Å². The van der Waals surface area contributed by atoms with Crippen LogP contribution in [0.4, 0.5) is 0 Å². The monoisotopic (exact) mass is 365 g/mol. The highest BCUT2D eigenvalue weighted by Gasteiger charge is 2.34. The van der Waals surface area contributed by atoms with Gasteiger partial charge in [-0.15, -0.1) is 0 Å². The van der Waals surface area contributed by atoms with Crippen molar-refractivity contribution in [1.29, 1.82) is 0 Å². The van der Waals surface area contributed by atoms with Crippen LogP contribution in [0.2, 0.25) is 5.02 Å². The third-order valence-corrected chi connectivity index (χ3v) is 7.09. The quantitative estimate of drug-likeness (QED) is 0.566. The summed E-state index contributed by atoms with van der Waals surface area (Å²) < 4.78 is 19.3. The average Bonchev–Trinajstić information content (AvgIpc) is 2.58. The summed E-state index contributed by atoms with van der Waals surface area (Å²) in [5, 5.41) is 4.12. The van der Waals surface area contributed by atoms with Crippen LogP contribution in [0.25, 0.3) is 0 Å². The lowest BCUT2D eigenvalue weighted by Gasteiger charge is -2.28. The molecule has 0 fully saturated rings. The molecule has 2 unspecified atom stereocenters. The van der Waals surface area contributed by atoms with Crippen LogP contribution in [0.15, 0.2) is 54.6 Å². The van der Waals surface area contributed by atoms with Gasteiger partial charge in [0.05, 0.1) is 6.61 Å². The molecule has 130 valence electrons. The Labute approximate surface area is 149 Å². The molecule has 5 heteroatoms. The van der Waals surface area contributed by atoms with Crippen molar-refractivity contribution in [3.8, 4) is 0 Å². The van der Waals surface area contributed by atoms with Crippen molar-refractivity contribution in [2.45, 2.75) is 32.6 Å². The van der Waals surface area contributed by atoms with Gasteiger partial charge in [-0.2, -0.15) is 0 Å². The molecule has 0 aliphatic rings. The van der Waals surface area contributed by atoms with E-state index < -0.39 is 7.37 Å². The maximum Gasteiger partial charge on any atom is 0.223 e. The second-order valence-corrected chi connectivity index (χ2v) is 8.80. The van der Waals surface area contributed by atoms with Gasteiger partial charge >= 0.3 is 0 Å². The van der Waals surface area contributed by atoms with E-state index in [1.165, 1.54) is 0 Å². The maximum absolute atomic E-state index is 13.5. The van der Waals surface area contributed by atoms with Gasteiger partial charge in [-0.05, 0) is 36.6 Å². The van der Waals surface area contributed by atoms with E-state index in [0.29, 0.717) is 24.3 Å². The zero-order chi connectivity index (χ0) is 17.4. The van der Waals surface area contributed by atoms with Crippen LogP contribution in [0.5, 0.6) is 0 Å². The van der Waals surface area contributed by atoms with Gasteiger partial charge in [0, 0.05) is 17.7 Å². The zero-order valence-corrected chi connectivity index (χ0v) is 15.9. The molecule has 0 saturated heterocycles. The Hall–Kier alpha value is -1.12. The summed E-state index contributed by atoms with van der Waals surface area (Å²) in [6.45, 7) is 4.99. The summed E-state index contributed by atoms with van der Waals surface area (Å²) in [5.41, 5.74) is 2.09. The van der Waals surface area contributed by atoms with E-state index in [2.05, 4.69) is 17.4 Å². The van der Waals surface area contributed by atoms with Gasteiger partial charge in [0.1, 0.15) is 5.78 Å². The van der Waals surface area contributed by atoms with E-state index >= 15 is 0 Å². The SMILES string of the molecule is CCCP(=O)(OCC)C(NCc1ccccc1)c1ccc(Cl)cc1. The van der Waals surface area contributed by atoms with Crippen LogP contribution in [-0.4, -0.2) is 12.8 Å². The lowest BCUT2D eigenvalue weighted by atomic mass is 10.2. The Balaban J connectivity index is 2.29. The van der Waals surface area contributed by atoms with Gasteiger partial charge < -0.3 is 4.52 Å². The van der Waals surface area contributed by atoms with Crippen LogP contribution in [-0.2, 0) is 15.6 Å². The minimum absolute atomic E-state index is 0.338. The van der Waals surface area contributed by atoms with Crippen molar-refractivity contribution >= 4 is 19.0 Å². The molecule has 0 radical (unpaired) electrons. The van der Waals surface area contributed by atoms with Gasteiger partial charge in [-0.1, -0.05) is 61.0 Å². The van der Waals surface area contributed by atoms with E-state index in [0.717, 1.165) is 17.5 Å². The first-order valence-corrected chi connectivity index (χ1v) is 10.6. The molecule has 2 aromatic carbocycles. The molecule has 1 N–H and O–H groups in total. The van der Waals surface area contributed by atoms with Crippen molar-refractivity contribution in [3.63, 3.8) is 0 Å². The molecule has 2 atom stereocenters. The van der Waals surface area contributed by atoms with E-state index in [1.54, 1.807) is 0 Å².